The molecule has 3 aromatic carbocycles. The molecule has 2 heterocycles. The lowest BCUT2D eigenvalue weighted by Crippen LogP contribution is -2.12. The predicted octanol–water partition coefficient (Wildman–Crippen LogP) is 4.27. The summed E-state index contributed by atoms with van der Waals surface area (Å²) in [7, 11) is 0. The first-order chi connectivity index (χ1) is 15.1. The normalized spacial score (nSPS) is 11.0. The fourth-order valence-corrected chi connectivity index (χ4v) is 3.49. The largest absolute Gasteiger partial charge is 0.323 e. The number of amides is 1. The summed E-state index contributed by atoms with van der Waals surface area (Å²) in [6, 6.07) is 22.8. The molecule has 0 atom stereocenters. The number of carbonyl (C=O) groups excluding carboxylic acids is 1. The number of nitrogens with one attached hydrogen (secondary N) is 3. The minimum Gasteiger partial charge on any atom is -0.322 e. The summed E-state index contributed by atoms with van der Waals surface area (Å²) in [5, 5.41) is 7.62. The van der Waals surface area contributed by atoms with Crippen molar-refractivity contribution in [1.82, 2.24) is 19.7 Å². The second-order valence-corrected chi connectivity index (χ2v) is 7.33. The van der Waals surface area contributed by atoms with Crippen molar-refractivity contribution in [2.75, 3.05) is 5.32 Å². The number of aromatic nitrogens is 4. The third kappa shape index (κ3) is 3.64. The van der Waals surface area contributed by atoms with Crippen molar-refractivity contribution in [3.63, 3.8) is 0 Å². The molecule has 2 aromatic heterocycles. The fraction of sp³-hybridized carbons (Fsp3) is 0.0417. The smallest absolute Gasteiger partial charge is 0.322 e. The molecule has 7 nitrogen and oxygen atoms in total. The molecule has 0 unspecified atom stereocenters. The highest BCUT2D eigenvalue weighted by molar-refractivity contribution is 6.08. The molecule has 3 N–H and O–H groups in total. The Balaban J connectivity index is 1.54. The van der Waals surface area contributed by atoms with Gasteiger partial charge in [0.1, 0.15) is 5.69 Å². The maximum atomic E-state index is 13.2. The summed E-state index contributed by atoms with van der Waals surface area (Å²) >= 11 is 0. The standard InChI is InChI=1S/C24H19N5O2/c1-15-7-10-18(11-8-15)29-14-19(22(28-29)16-5-3-2-4-6-16)23(30)25-17-9-12-20-21(13-17)27-24(31)26-20/h2-14H,1H3,(H,25,30)(H2,26,27,31). The van der Waals surface area contributed by atoms with Crippen LogP contribution in [0.25, 0.3) is 28.0 Å². The Kier molecular flexibility index (Phi) is 4.48. The highest BCUT2D eigenvalue weighted by atomic mass is 16.2. The predicted molar refractivity (Wildman–Crippen MR) is 121 cm³/mol. The summed E-state index contributed by atoms with van der Waals surface area (Å²) < 4.78 is 1.71. The highest BCUT2D eigenvalue weighted by Crippen LogP contribution is 2.25. The fourth-order valence-electron chi connectivity index (χ4n) is 3.49. The Morgan fingerprint density at radius 2 is 1.68 bits per heavy atom. The van der Waals surface area contributed by atoms with Crippen molar-refractivity contribution in [3.05, 3.63) is 101 Å². The lowest BCUT2D eigenvalue weighted by atomic mass is 10.1. The van der Waals surface area contributed by atoms with Crippen molar-refractivity contribution in [3.8, 4) is 16.9 Å². The molecule has 5 rings (SSSR count). The van der Waals surface area contributed by atoms with Crippen LogP contribution in [0.15, 0.2) is 83.8 Å². The van der Waals surface area contributed by atoms with Crippen LogP contribution in [0.4, 0.5) is 5.69 Å². The van der Waals surface area contributed by atoms with E-state index in [0.29, 0.717) is 28.0 Å². The maximum absolute atomic E-state index is 13.2. The van der Waals surface area contributed by atoms with Crippen LogP contribution < -0.4 is 11.0 Å². The highest BCUT2D eigenvalue weighted by Gasteiger charge is 2.19. The van der Waals surface area contributed by atoms with Gasteiger partial charge in [-0.2, -0.15) is 5.10 Å². The summed E-state index contributed by atoms with van der Waals surface area (Å²) in [5.41, 5.74) is 5.51. The molecule has 7 heteroatoms. The summed E-state index contributed by atoms with van der Waals surface area (Å²) in [4.78, 5) is 30.1. The van der Waals surface area contributed by atoms with E-state index in [9.17, 15) is 9.59 Å². The van der Waals surface area contributed by atoms with Crippen molar-refractivity contribution >= 4 is 22.6 Å². The molecule has 0 spiro atoms. The van der Waals surface area contributed by atoms with Crippen LogP contribution in [0.2, 0.25) is 0 Å². The van der Waals surface area contributed by atoms with Crippen LogP contribution in [0.1, 0.15) is 15.9 Å². The minimum absolute atomic E-state index is 0.283. The van der Waals surface area contributed by atoms with Gasteiger partial charge in [-0.1, -0.05) is 48.0 Å². The molecule has 0 fully saturated rings. The molecule has 0 saturated heterocycles. The Bertz CT molecular complexity index is 1440. The first kappa shape index (κ1) is 18.6. The van der Waals surface area contributed by atoms with Gasteiger partial charge in [0, 0.05) is 17.4 Å². The van der Waals surface area contributed by atoms with E-state index in [0.717, 1.165) is 16.8 Å². The van der Waals surface area contributed by atoms with Gasteiger partial charge in [-0.15, -0.1) is 0 Å². The molecular formula is C24H19N5O2. The van der Waals surface area contributed by atoms with E-state index < -0.39 is 0 Å². The molecule has 0 radical (unpaired) electrons. The average Bonchev–Trinajstić information content (AvgIpc) is 3.38. The van der Waals surface area contributed by atoms with E-state index >= 15 is 0 Å². The molecule has 31 heavy (non-hydrogen) atoms. The summed E-state index contributed by atoms with van der Waals surface area (Å²) in [6.07, 6.45) is 1.74. The van der Waals surface area contributed by atoms with E-state index in [1.165, 1.54) is 0 Å². The van der Waals surface area contributed by atoms with Gasteiger partial charge in [-0.05, 0) is 37.3 Å². The lowest BCUT2D eigenvalue weighted by Gasteiger charge is -2.05. The number of fused-ring (bicyclic) bond motifs is 1. The molecule has 5 aromatic rings. The zero-order valence-corrected chi connectivity index (χ0v) is 16.7. The Hall–Kier alpha value is -4.39. The van der Waals surface area contributed by atoms with E-state index in [4.69, 9.17) is 5.10 Å². The van der Waals surface area contributed by atoms with Crippen molar-refractivity contribution in [2.24, 2.45) is 0 Å². The van der Waals surface area contributed by atoms with Crippen LogP contribution in [-0.2, 0) is 0 Å². The van der Waals surface area contributed by atoms with Crippen LogP contribution in [0.5, 0.6) is 0 Å². The molecule has 0 aliphatic carbocycles. The van der Waals surface area contributed by atoms with E-state index in [1.807, 2.05) is 61.5 Å². The van der Waals surface area contributed by atoms with E-state index in [1.54, 1.807) is 29.1 Å². The molecule has 152 valence electrons. The second kappa shape index (κ2) is 7.46. The summed E-state index contributed by atoms with van der Waals surface area (Å²) in [5.74, 6) is -0.283. The number of rotatable bonds is 4. The van der Waals surface area contributed by atoms with Crippen molar-refractivity contribution in [2.45, 2.75) is 6.92 Å². The van der Waals surface area contributed by atoms with Gasteiger partial charge in [0.15, 0.2) is 0 Å². The maximum Gasteiger partial charge on any atom is 0.323 e. The number of carbonyl (C=O) groups is 1. The molecule has 0 bridgehead atoms. The zero-order chi connectivity index (χ0) is 21.4. The number of aryl methyl sites for hydroxylation is 1. The third-order valence-corrected chi connectivity index (χ3v) is 5.08. The number of nitrogens with zero attached hydrogens (tertiary/aromatic N) is 2. The van der Waals surface area contributed by atoms with Gasteiger partial charge in [0.2, 0.25) is 0 Å². The van der Waals surface area contributed by atoms with Gasteiger partial charge in [0.25, 0.3) is 5.91 Å². The number of hydrogen-bond donors (Lipinski definition) is 3. The molecule has 0 saturated carbocycles. The number of hydrogen-bond acceptors (Lipinski definition) is 3. The monoisotopic (exact) mass is 409 g/mol. The zero-order valence-electron chi connectivity index (χ0n) is 16.7. The Morgan fingerprint density at radius 1 is 0.935 bits per heavy atom. The van der Waals surface area contributed by atoms with Crippen molar-refractivity contribution in [1.29, 1.82) is 0 Å². The molecule has 1 amide bonds. The second-order valence-electron chi connectivity index (χ2n) is 7.33. The van der Waals surface area contributed by atoms with Crippen LogP contribution >= 0.6 is 0 Å². The SMILES string of the molecule is Cc1ccc(-n2cc(C(=O)Nc3ccc4[nH]c(=O)[nH]c4c3)c(-c3ccccc3)n2)cc1. The lowest BCUT2D eigenvalue weighted by molar-refractivity contribution is 0.102. The number of anilines is 1. The van der Waals surface area contributed by atoms with E-state index in [2.05, 4.69) is 15.3 Å². The minimum atomic E-state index is -0.288. The third-order valence-electron chi connectivity index (χ3n) is 5.08. The van der Waals surface area contributed by atoms with Gasteiger partial charge in [-0.25, -0.2) is 9.48 Å². The molecular weight excluding hydrogens is 390 g/mol. The summed E-state index contributed by atoms with van der Waals surface area (Å²) in [6.45, 7) is 2.02. The van der Waals surface area contributed by atoms with Crippen LogP contribution in [0, 0.1) is 6.92 Å². The van der Waals surface area contributed by atoms with Gasteiger partial charge in [0.05, 0.1) is 22.3 Å². The first-order valence-corrected chi connectivity index (χ1v) is 9.82. The van der Waals surface area contributed by atoms with Crippen LogP contribution in [-0.4, -0.2) is 25.7 Å². The van der Waals surface area contributed by atoms with Crippen LogP contribution in [0.3, 0.4) is 0 Å². The first-order valence-electron chi connectivity index (χ1n) is 9.82. The molecule has 0 aliphatic rings. The topological polar surface area (TPSA) is 95.6 Å². The average molecular weight is 409 g/mol. The van der Waals surface area contributed by atoms with Gasteiger partial charge in [-0.3, -0.25) is 4.79 Å². The van der Waals surface area contributed by atoms with E-state index in [-0.39, 0.29) is 11.6 Å². The van der Waals surface area contributed by atoms with Crippen molar-refractivity contribution < 1.29 is 4.79 Å². The Labute approximate surface area is 177 Å². The number of imidazole rings is 1. The number of aromatic amines is 2. The molecule has 0 aliphatic heterocycles. The quantitative estimate of drug-likeness (QED) is 0.414. The number of H-pyrrole nitrogens is 2. The van der Waals surface area contributed by atoms with Gasteiger partial charge < -0.3 is 15.3 Å². The number of benzene rings is 3. The van der Waals surface area contributed by atoms with Gasteiger partial charge >= 0.3 is 5.69 Å². The Morgan fingerprint density at radius 3 is 2.45 bits per heavy atom.